The van der Waals surface area contributed by atoms with Crippen molar-refractivity contribution in [1.82, 2.24) is 10.2 Å². The van der Waals surface area contributed by atoms with Crippen molar-refractivity contribution in [3.8, 4) is 5.75 Å². The van der Waals surface area contributed by atoms with Crippen LogP contribution in [-0.4, -0.2) is 57.4 Å². The van der Waals surface area contributed by atoms with Gasteiger partial charge in [0.05, 0.1) is 12.7 Å². The van der Waals surface area contributed by atoms with E-state index in [1.165, 1.54) is 11.1 Å². The van der Waals surface area contributed by atoms with Crippen LogP contribution in [0, 0.1) is 13.8 Å². The van der Waals surface area contributed by atoms with Crippen molar-refractivity contribution in [2.24, 2.45) is 0 Å². The second-order valence-corrected chi connectivity index (χ2v) is 5.58. The Kier molecular flexibility index (Phi) is 5.83. The normalized spacial score (nSPS) is 19.3. The number of benzene rings is 1. The quantitative estimate of drug-likeness (QED) is 0.857. The van der Waals surface area contributed by atoms with E-state index >= 15 is 0 Å². The van der Waals surface area contributed by atoms with Crippen molar-refractivity contribution in [2.75, 3.05) is 46.4 Å². The first-order valence-corrected chi connectivity index (χ1v) is 7.36. The summed E-state index contributed by atoms with van der Waals surface area (Å²) in [4.78, 5) is 2.27. The number of morpholine rings is 1. The van der Waals surface area contributed by atoms with E-state index in [9.17, 15) is 0 Å². The highest BCUT2D eigenvalue weighted by atomic mass is 16.5. The molecule has 0 bridgehead atoms. The number of nitrogens with zero attached hydrogens (tertiary/aromatic N) is 1. The molecule has 1 aromatic carbocycles. The number of rotatable bonds is 6. The lowest BCUT2D eigenvalue weighted by atomic mass is 10.1. The van der Waals surface area contributed by atoms with Crippen molar-refractivity contribution in [1.29, 1.82) is 0 Å². The van der Waals surface area contributed by atoms with Crippen LogP contribution in [0.5, 0.6) is 5.75 Å². The summed E-state index contributed by atoms with van der Waals surface area (Å²) in [5.74, 6) is 0.994. The van der Waals surface area contributed by atoms with E-state index in [0.29, 0.717) is 12.7 Å². The first-order valence-electron chi connectivity index (χ1n) is 7.36. The van der Waals surface area contributed by atoms with Gasteiger partial charge in [-0.15, -0.1) is 0 Å². The smallest absolute Gasteiger partial charge is 0.122 e. The molecule has 0 saturated carbocycles. The molecule has 0 amide bonds. The zero-order valence-electron chi connectivity index (χ0n) is 12.8. The molecule has 0 aliphatic carbocycles. The van der Waals surface area contributed by atoms with Crippen molar-refractivity contribution < 1.29 is 9.47 Å². The molecule has 1 atom stereocenters. The molecule has 1 heterocycles. The second-order valence-electron chi connectivity index (χ2n) is 5.58. The molecule has 0 spiro atoms. The van der Waals surface area contributed by atoms with E-state index in [4.69, 9.17) is 9.47 Å². The zero-order valence-corrected chi connectivity index (χ0v) is 12.8. The zero-order chi connectivity index (χ0) is 14.4. The third-order valence-corrected chi connectivity index (χ3v) is 3.59. The van der Waals surface area contributed by atoms with Crippen LogP contribution in [0.3, 0.4) is 0 Å². The van der Waals surface area contributed by atoms with Gasteiger partial charge in [0.15, 0.2) is 0 Å². The van der Waals surface area contributed by atoms with Gasteiger partial charge in [0.1, 0.15) is 12.4 Å². The molecular formula is C16H26N2O2. The fourth-order valence-corrected chi connectivity index (χ4v) is 2.35. The highest BCUT2D eigenvalue weighted by molar-refractivity contribution is 5.35. The Labute approximate surface area is 122 Å². The van der Waals surface area contributed by atoms with Crippen LogP contribution in [0.2, 0.25) is 0 Å². The lowest BCUT2D eigenvalue weighted by Crippen LogP contribution is -2.45. The lowest BCUT2D eigenvalue weighted by Gasteiger charge is -2.28. The van der Waals surface area contributed by atoms with E-state index in [1.807, 2.05) is 0 Å². The molecule has 1 unspecified atom stereocenters. The van der Waals surface area contributed by atoms with E-state index in [-0.39, 0.29) is 0 Å². The largest absolute Gasteiger partial charge is 0.492 e. The minimum absolute atomic E-state index is 0.300. The molecule has 2 rings (SSSR count). The molecular weight excluding hydrogens is 252 g/mol. The molecule has 4 nitrogen and oxygen atoms in total. The van der Waals surface area contributed by atoms with Gasteiger partial charge in [-0.1, -0.05) is 12.1 Å². The summed E-state index contributed by atoms with van der Waals surface area (Å²) in [7, 11) is 2.12. The van der Waals surface area contributed by atoms with Gasteiger partial charge in [-0.05, 0) is 38.1 Å². The van der Waals surface area contributed by atoms with Gasteiger partial charge in [0, 0.05) is 26.2 Å². The van der Waals surface area contributed by atoms with E-state index in [2.05, 4.69) is 49.3 Å². The number of hydrogen-bond donors (Lipinski definition) is 1. The summed E-state index contributed by atoms with van der Waals surface area (Å²) in [6.45, 7) is 9.47. The molecule has 1 fully saturated rings. The van der Waals surface area contributed by atoms with E-state index in [1.54, 1.807) is 0 Å². The van der Waals surface area contributed by atoms with Gasteiger partial charge in [-0.2, -0.15) is 0 Å². The summed E-state index contributed by atoms with van der Waals surface area (Å²) in [5.41, 5.74) is 2.43. The molecule has 0 radical (unpaired) electrons. The Balaban J connectivity index is 1.70. The summed E-state index contributed by atoms with van der Waals surface area (Å²) in [6, 6.07) is 6.32. The molecule has 1 aliphatic heterocycles. The Morgan fingerprint density at radius 2 is 2.25 bits per heavy atom. The first kappa shape index (κ1) is 15.3. The van der Waals surface area contributed by atoms with Crippen molar-refractivity contribution in [3.63, 3.8) is 0 Å². The molecule has 112 valence electrons. The minimum Gasteiger partial charge on any atom is -0.492 e. The maximum Gasteiger partial charge on any atom is 0.122 e. The van der Waals surface area contributed by atoms with Crippen LogP contribution >= 0.6 is 0 Å². The Bertz CT molecular complexity index is 417. The first-order chi connectivity index (χ1) is 9.65. The van der Waals surface area contributed by atoms with Gasteiger partial charge >= 0.3 is 0 Å². The number of hydrogen-bond acceptors (Lipinski definition) is 4. The summed E-state index contributed by atoms with van der Waals surface area (Å²) < 4.78 is 11.6. The fourth-order valence-electron chi connectivity index (χ4n) is 2.35. The van der Waals surface area contributed by atoms with Crippen molar-refractivity contribution >= 4 is 0 Å². The van der Waals surface area contributed by atoms with Crippen LogP contribution in [-0.2, 0) is 4.74 Å². The van der Waals surface area contributed by atoms with Crippen LogP contribution in [0.25, 0.3) is 0 Å². The van der Waals surface area contributed by atoms with Gasteiger partial charge in [-0.3, -0.25) is 0 Å². The molecule has 1 aromatic rings. The summed E-state index contributed by atoms with van der Waals surface area (Å²) in [6.07, 6.45) is 0.300. The molecule has 4 heteroatoms. The maximum absolute atomic E-state index is 5.88. The number of aryl methyl sites for hydroxylation is 2. The number of likely N-dealkylation sites (N-methyl/N-ethyl adjacent to an activating group) is 1. The van der Waals surface area contributed by atoms with Crippen LogP contribution in [0.1, 0.15) is 11.1 Å². The average molecular weight is 278 g/mol. The van der Waals surface area contributed by atoms with Crippen LogP contribution in [0.15, 0.2) is 18.2 Å². The highest BCUT2D eigenvalue weighted by Gasteiger charge is 2.15. The third-order valence-electron chi connectivity index (χ3n) is 3.59. The van der Waals surface area contributed by atoms with Crippen molar-refractivity contribution in [3.05, 3.63) is 29.3 Å². The monoisotopic (exact) mass is 278 g/mol. The average Bonchev–Trinajstić information content (AvgIpc) is 2.44. The standard InChI is InChI=1S/C16H26N2O2/c1-13-4-5-14(2)16(10-13)20-9-7-18(3)12-15-11-17-6-8-19-15/h4-5,10,15,17H,6-9,11-12H2,1-3H3. The number of nitrogens with one attached hydrogen (secondary N) is 1. The lowest BCUT2D eigenvalue weighted by molar-refractivity contribution is 0.00847. The van der Waals surface area contributed by atoms with Gasteiger partial charge < -0.3 is 19.7 Å². The fraction of sp³-hybridized carbons (Fsp3) is 0.625. The summed E-state index contributed by atoms with van der Waals surface area (Å²) >= 11 is 0. The molecule has 20 heavy (non-hydrogen) atoms. The Morgan fingerprint density at radius 3 is 3.00 bits per heavy atom. The summed E-state index contributed by atoms with van der Waals surface area (Å²) in [5, 5.41) is 3.35. The predicted molar refractivity (Wildman–Crippen MR) is 81.5 cm³/mol. The maximum atomic E-state index is 5.88. The molecule has 1 saturated heterocycles. The number of ether oxygens (including phenoxy) is 2. The van der Waals surface area contributed by atoms with Gasteiger partial charge in [0.25, 0.3) is 0 Å². The Hall–Kier alpha value is -1.10. The van der Waals surface area contributed by atoms with Gasteiger partial charge in [-0.25, -0.2) is 0 Å². The SMILES string of the molecule is Cc1ccc(C)c(OCCN(C)CC2CNCCO2)c1. The molecule has 1 N–H and O–H groups in total. The predicted octanol–water partition coefficient (Wildman–Crippen LogP) is 1.60. The second kappa shape index (κ2) is 7.62. The van der Waals surface area contributed by atoms with Crippen LogP contribution in [0.4, 0.5) is 0 Å². The van der Waals surface area contributed by atoms with E-state index < -0.39 is 0 Å². The van der Waals surface area contributed by atoms with E-state index in [0.717, 1.165) is 38.5 Å². The highest BCUT2D eigenvalue weighted by Crippen LogP contribution is 2.18. The third kappa shape index (κ3) is 4.78. The Morgan fingerprint density at radius 1 is 1.40 bits per heavy atom. The molecule has 0 aromatic heterocycles. The minimum atomic E-state index is 0.300. The van der Waals surface area contributed by atoms with Gasteiger partial charge in [0.2, 0.25) is 0 Å². The van der Waals surface area contributed by atoms with Crippen molar-refractivity contribution in [2.45, 2.75) is 20.0 Å². The van der Waals surface area contributed by atoms with Crippen LogP contribution < -0.4 is 10.1 Å². The topological polar surface area (TPSA) is 33.7 Å². The molecule has 1 aliphatic rings.